The van der Waals surface area contributed by atoms with E-state index < -0.39 is 6.09 Å². The van der Waals surface area contributed by atoms with Gasteiger partial charge >= 0.3 is 6.09 Å². The standard InChI is InChI=1S/C15H16N4O3/c1-9-4-11(7-12(5-9)14(20)19-16)13-6-10(2-3-17-13)8-18-15(21)22/h2-7,18H,8,16H2,1H3,(H,19,20)(H,21,22). The SMILES string of the molecule is Cc1cc(C(=O)NN)cc(-c2cc(CNC(=O)O)ccn2)c1. The minimum Gasteiger partial charge on any atom is -0.465 e. The van der Waals surface area contributed by atoms with E-state index >= 15 is 0 Å². The smallest absolute Gasteiger partial charge is 0.404 e. The monoisotopic (exact) mass is 300 g/mol. The molecule has 0 spiro atoms. The summed E-state index contributed by atoms with van der Waals surface area (Å²) in [5.41, 5.74) is 5.62. The number of benzene rings is 1. The summed E-state index contributed by atoms with van der Waals surface area (Å²) >= 11 is 0. The Labute approximate surface area is 127 Å². The van der Waals surface area contributed by atoms with E-state index in [9.17, 15) is 9.59 Å². The van der Waals surface area contributed by atoms with Crippen LogP contribution in [0.15, 0.2) is 36.5 Å². The first-order valence-corrected chi connectivity index (χ1v) is 6.54. The van der Waals surface area contributed by atoms with E-state index in [1.807, 2.05) is 13.0 Å². The maximum absolute atomic E-state index is 11.7. The molecule has 2 rings (SSSR count). The van der Waals surface area contributed by atoms with Crippen molar-refractivity contribution in [1.82, 2.24) is 15.7 Å². The number of aryl methyl sites for hydroxylation is 1. The molecule has 1 aromatic carbocycles. The minimum absolute atomic E-state index is 0.187. The summed E-state index contributed by atoms with van der Waals surface area (Å²) in [5.74, 6) is 4.77. The van der Waals surface area contributed by atoms with Gasteiger partial charge in [0.25, 0.3) is 5.91 Å². The molecule has 0 radical (unpaired) electrons. The molecular formula is C15H16N4O3. The molecule has 0 saturated heterocycles. The minimum atomic E-state index is -1.09. The fourth-order valence-corrected chi connectivity index (χ4v) is 2.07. The molecule has 7 nitrogen and oxygen atoms in total. The Balaban J connectivity index is 2.35. The van der Waals surface area contributed by atoms with Crippen LogP contribution in [-0.2, 0) is 6.54 Å². The molecule has 5 N–H and O–H groups in total. The largest absolute Gasteiger partial charge is 0.465 e. The lowest BCUT2D eigenvalue weighted by molar-refractivity contribution is 0.0953. The van der Waals surface area contributed by atoms with E-state index in [0.717, 1.165) is 16.7 Å². The van der Waals surface area contributed by atoms with E-state index in [1.165, 1.54) is 0 Å². The Bertz CT molecular complexity index is 716. The second-order valence-corrected chi connectivity index (χ2v) is 4.77. The van der Waals surface area contributed by atoms with Crippen molar-refractivity contribution in [3.05, 3.63) is 53.2 Å². The normalized spacial score (nSPS) is 10.1. The maximum Gasteiger partial charge on any atom is 0.404 e. The number of pyridine rings is 1. The van der Waals surface area contributed by atoms with Gasteiger partial charge in [0, 0.05) is 23.9 Å². The van der Waals surface area contributed by atoms with Crippen LogP contribution in [0.3, 0.4) is 0 Å². The van der Waals surface area contributed by atoms with Crippen LogP contribution in [-0.4, -0.2) is 22.1 Å². The summed E-state index contributed by atoms with van der Waals surface area (Å²) in [6.45, 7) is 2.06. The Morgan fingerprint density at radius 3 is 2.73 bits per heavy atom. The molecule has 0 fully saturated rings. The Hall–Kier alpha value is -2.93. The van der Waals surface area contributed by atoms with Crippen molar-refractivity contribution in [3.8, 4) is 11.3 Å². The van der Waals surface area contributed by atoms with Gasteiger partial charge in [0.05, 0.1) is 5.69 Å². The molecule has 0 aliphatic heterocycles. The molecule has 1 heterocycles. The van der Waals surface area contributed by atoms with Gasteiger partial charge in [-0.15, -0.1) is 0 Å². The molecule has 114 valence electrons. The molecule has 7 heteroatoms. The summed E-state index contributed by atoms with van der Waals surface area (Å²) < 4.78 is 0. The number of hydrogen-bond acceptors (Lipinski definition) is 4. The number of amides is 2. The van der Waals surface area contributed by atoms with Crippen LogP contribution in [0.1, 0.15) is 21.5 Å². The number of aromatic nitrogens is 1. The number of nitrogen functional groups attached to an aromatic ring is 1. The van der Waals surface area contributed by atoms with E-state index in [0.29, 0.717) is 11.3 Å². The molecule has 1 aromatic heterocycles. The predicted octanol–water partition coefficient (Wildman–Crippen LogP) is 1.43. The quantitative estimate of drug-likeness (QED) is 0.387. The first-order chi connectivity index (χ1) is 10.5. The van der Waals surface area contributed by atoms with Gasteiger partial charge in [-0.1, -0.05) is 0 Å². The number of carbonyl (C=O) groups excluding carboxylic acids is 1. The van der Waals surface area contributed by atoms with Gasteiger partial charge in [-0.3, -0.25) is 15.2 Å². The summed E-state index contributed by atoms with van der Waals surface area (Å²) in [6.07, 6.45) is 0.509. The van der Waals surface area contributed by atoms with Gasteiger partial charge in [0.2, 0.25) is 0 Å². The van der Waals surface area contributed by atoms with Gasteiger partial charge in [-0.05, 0) is 48.4 Å². The zero-order valence-corrected chi connectivity index (χ0v) is 12.0. The Morgan fingerprint density at radius 2 is 2.05 bits per heavy atom. The molecule has 0 unspecified atom stereocenters. The number of nitrogens with two attached hydrogens (primary N) is 1. The number of hydrogen-bond donors (Lipinski definition) is 4. The van der Waals surface area contributed by atoms with Crippen LogP contribution in [0.2, 0.25) is 0 Å². The van der Waals surface area contributed by atoms with Crippen molar-refractivity contribution in [3.63, 3.8) is 0 Å². The predicted molar refractivity (Wildman–Crippen MR) is 80.9 cm³/mol. The fourth-order valence-electron chi connectivity index (χ4n) is 2.07. The van der Waals surface area contributed by atoms with Gasteiger partial charge in [-0.2, -0.15) is 0 Å². The topological polar surface area (TPSA) is 117 Å². The van der Waals surface area contributed by atoms with Crippen molar-refractivity contribution < 1.29 is 14.7 Å². The van der Waals surface area contributed by atoms with Crippen LogP contribution >= 0.6 is 0 Å². The first kappa shape index (κ1) is 15.5. The molecule has 2 amide bonds. The lowest BCUT2D eigenvalue weighted by Gasteiger charge is -2.08. The van der Waals surface area contributed by atoms with Crippen LogP contribution in [0.25, 0.3) is 11.3 Å². The van der Waals surface area contributed by atoms with Crippen molar-refractivity contribution in [2.45, 2.75) is 13.5 Å². The van der Waals surface area contributed by atoms with Crippen LogP contribution < -0.4 is 16.6 Å². The van der Waals surface area contributed by atoms with E-state index in [2.05, 4.69) is 15.7 Å². The average Bonchev–Trinajstić information content (AvgIpc) is 2.51. The molecule has 2 aromatic rings. The second kappa shape index (κ2) is 6.68. The summed E-state index contributed by atoms with van der Waals surface area (Å²) in [7, 11) is 0. The molecule has 22 heavy (non-hydrogen) atoms. The Kier molecular flexibility index (Phi) is 4.70. The highest BCUT2D eigenvalue weighted by Crippen LogP contribution is 2.21. The van der Waals surface area contributed by atoms with E-state index in [4.69, 9.17) is 10.9 Å². The highest BCUT2D eigenvalue weighted by Gasteiger charge is 2.09. The number of carboxylic acid groups (broad SMARTS) is 1. The van der Waals surface area contributed by atoms with Crippen LogP contribution in [0, 0.1) is 6.92 Å². The maximum atomic E-state index is 11.7. The zero-order valence-electron chi connectivity index (χ0n) is 12.0. The van der Waals surface area contributed by atoms with Gasteiger partial charge in [0.1, 0.15) is 0 Å². The highest BCUT2D eigenvalue weighted by molar-refractivity contribution is 5.95. The number of carbonyl (C=O) groups is 2. The molecule has 0 atom stereocenters. The summed E-state index contributed by atoms with van der Waals surface area (Å²) in [5, 5.41) is 10.9. The third-order valence-electron chi connectivity index (χ3n) is 3.03. The fraction of sp³-hybridized carbons (Fsp3) is 0.133. The van der Waals surface area contributed by atoms with Gasteiger partial charge in [-0.25, -0.2) is 10.6 Å². The Morgan fingerprint density at radius 1 is 1.27 bits per heavy atom. The number of rotatable bonds is 4. The lowest BCUT2D eigenvalue weighted by Crippen LogP contribution is -2.30. The van der Waals surface area contributed by atoms with Crippen molar-refractivity contribution in [2.75, 3.05) is 0 Å². The van der Waals surface area contributed by atoms with Crippen molar-refractivity contribution in [1.29, 1.82) is 0 Å². The van der Waals surface area contributed by atoms with E-state index in [1.54, 1.807) is 30.5 Å². The molecular weight excluding hydrogens is 284 g/mol. The van der Waals surface area contributed by atoms with Crippen LogP contribution in [0.4, 0.5) is 4.79 Å². The van der Waals surface area contributed by atoms with Gasteiger partial charge in [0.15, 0.2) is 0 Å². The molecule has 0 saturated carbocycles. The summed E-state index contributed by atoms with van der Waals surface area (Å²) in [6, 6.07) is 8.80. The zero-order chi connectivity index (χ0) is 16.1. The van der Waals surface area contributed by atoms with Crippen molar-refractivity contribution >= 4 is 12.0 Å². The average molecular weight is 300 g/mol. The van der Waals surface area contributed by atoms with Crippen molar-refractivity contribution in [2.24, 2.45) is 5.84 Å². The lowest BCUT2D eigenvalue weighted by atomic mass is 10.0. The molecule has 0 bridgehead atoms. The highest BCUT2D eigenvalue weighted by atomic mass is 16.4. The third kappa shape index (κ3) is 3.80. The second-order valence-electron chi connectivity index (χ2n) is 4.77. The van der Waals surface area contributed by atoms with Gasteiger partial charge < -0.3 is 10.4 Å². The molecule has 0 aliphatic rings. The number of nitrogens with one attached hydrogen (secondary N) is 2. The first-order valence-electron chi connectivity index (χ1n) is 6.54. The number of hydrazine groups is 1. The van der Waals surface area contributed by atoms with Crippen LogP contribution in [0.5, 0.6) is 0 Å². The number of nitrogens with zero attached hydrogens (tertiary/aromatic N) is 1. The third-order valence-corrected chi connectivity index (χ3v) is 3.03. The molecule has 0 aliphatic carbocycles. The summed E-state index contributed by atoms with van der Waals surface area (Å²) in [4.78, 5) is 26.5. The van der Waals surface area contributed by atoms with E-state index in [-0.39, 0.29) is 12.5 Å².